The number of nitrogen functional groups attached to an aromatic ring is 1. The molecular formula is C13H17N5O4. The first-order valence-electron chi connectivity index (χ1n) is 6.76. The van der Waals surface area contributed by atoms with Crippen molar-refractivity contribution in [3.63, 3.8) is 0 Å². The van der Waals surface area contributed by atoms with Gasteiger partial charge in [0.1, 0.15) is 30.2 Å². The SMILES string of the molecule is C=CCOC[C@H]1O[C@@H](n2cnc3c(N)ncnc32)[C@H](O)[C@@H]1O. The van der Waals surface area contributed by atoms with Gasteiger partial charge in [0, 0.05) is 0 Å². The maximum atomic E-state index is 10.2. The average molecular weight is 307 g/mol. The van der Waals surface area contributed by atoms with E-state index < -0.39 is 24.5 Å². The molecule has 4 atom stereocenters. The van der Waals surface area contributed by atoms with Gasteiger partial charge in [-0.3, -0.25) is 4.57 Å². The minimum Gasteiger partial charge on any atom is -0.387 e. The van der Waals surface area contributed by atoms with E-state index in [2.05, 4.69) is 21.5 Å². The Morgan fingerprint density at radius 3 is 2.95 bits per heavy atom. The number of imidazole rings is 1. The van der Waals surface area contributed by atoms with E-state index in [1.165, 1.54) is 17.2 Å². The van der Waals surface area contributed by atoms with Gasteiger partial charge in [-0.25, -0.2) is 15.0 Å². The van der Waals surface area contributed by atoms with Crippen LogP contribution in [0.4, 0.5) is 5.82 Å². The smallest absolute Gasteiger partial charge is 0.167 e. The molecule has 9 heteroatoms. The predicted molar refractivity (Wildman–Crippen MR) is 76.7 cm³/mol. The lowest BCUT2D eigenvalue weighted by atomic mass is 10.1. The Kier molecular flexibility index (Phi) is 4.03. The lowest BCUT2D eigenvalue weighted by Gasteiger charge is -2.16. The monoisotopic (exact) mass is 307 g/mol. The van der Waals surface area contributed by atoms with Gasteiger partial charge < -0.3 is 25.4 Å². The van der Waals surface area contributed by atoms with E-state index >= 15 is 0 Å². The summed E-state index contributed by atoms with van der Waals surface area (Å²) in [7, 11) is 0. The topological polar surface area (TPSA) is 129 Å². The van der Waals surface area contributed by atoms with Gasteiger partial charge in [-0.2, -0.15) is 0 Å². The molecule has 0 aliphatic carbocycles. The number of hydrogen-bond acceptors (Lipinski definition) is 8. The molecule has 3 heterocycles. The molecule has 1 aliphatic heterocycles. The van der Waals surface area contributed by atoms with Gasteiger partial charge in [-0.05, 0) is 0 Å². The number of nitrogens with two attached hydrogens (primary N) is 1. The Morgan fingerprint density at radius 1 is 1.36 bits per heavy atom. The maximum Gasteiger partial charge on any atom is 0.167 e. The van der Waals surface area contributed by atoms with Crippen molar-refractivity contribution in [2.45, 2.75) is 24.5 Å². The van der Waals surface area contributed by atoms with E-state index in [-0.39, 0.29) is 12.4 Å². The Hall–Kier alpha value is -2.07. The highest BCUT2D eigenvalue weighted by molar-refractivity contribution is 5.81. The molecule has 0 saturated carbocycles. The molecule has 22 heavy (non-hydrogen) atoms. The van der Waals surface area contributed by atoms with Crippen LogP contribution in [0.2, 0.25) is 0 Å². The van der Waals surface area contributed by atoms with E-state index in [1.807, 2.05) is 0 Å². The first kappa shape index (κ1) is 14.9. The number of aliphatic hydroxyl groups excluding tert-OH is 2. The summed E-state index contributed by atoms with van der Waals surface area (Å²) in [6.07, 6.45) is 0.653. The summed E-state index contributed by atoms with van der Waals surface area (Å²) < 4.78 is 12.5. The normalized spacial score (nSPS) is 28.3. The Labute approximate surface area is 126 Å². The van der Waals surface area contributed by atoms with Crippen molar-refractivity contribution >= 4 is 17.0 Å². The molecule has 0 unspecified atom stereocenters. The van der Waals surface area contributed by atoms with Gasteiger partial charge in [-0.1, -0.05) is 6.08 Å². The van der Waals surface area contributed by atoms with Gasteiger partial charge in [0.25, 0.3) is 0 Å². The first-order chi connectivity index (χ1) is 10.6. The molecule has 0 amide bonds. The number of aliphatic hydroxyl groups is 2. The van der Waals surface area contributed by atoms with Gasteiger partial charge >= 0.3 is 0 Å². The highest BCUT2D eigenvalue weighted by Gasteiger charge is 2.44. The number of fused-ring (bicyclic) bond motifs is 1. The lowest BCUT2D eigenvalue weighted by molar-refractivity contribution is -0.0620. The quantitative estimate of drug-likeness (QED) is 0.485. The number of anilines is 1. The summed E-state index contributed by atoms with van der Waals surface area (Å²) in [6.45, 7) is 4.02. The highest BCUT2D eigenvalue weighted by atomic mass is 16.6. The predicted octanol–water partition coefficient (Wildman–Crippen LogP) is -0.770. The molecule has 2 aromatic rings. The van der Waals surface area contributed by atoms with Crippen LogP contribution in [0.15, 0.2) is 25.3 Å². The van der Waals surface area contributed by atoms with Crippen LogP contribution in [0.25, 0.3) is 11.2 Å². The number of ether oxygens (including phenoxy) is 2. The van der Waals surface area contributed by atoms with E-state index in [0.29, 0.717) is 17.8 Å². The van der Waals surface area contributed by atoms with Gasteiger partial charge in [0.05, 0.1) is 19.5 Å². The summed E-state index contributed by atoms with van der Waals surface area (Å²) >= 11 is 0. The molecule has 4 N–H and O–H groups in total. The van der Waals surface area contributed by atoms with E-state index in [9.17, 15) is 10.2 Å². The second-order valence-electron chi connectivity index (χ2n) is 4.96. The van der Waals surface area contributed by atoms with Gasteiger partial charge in [-0.15, -0.1) is 6.58 Å². The van der Waals surface area contributed by atoms with Crippen LogP contribution in [0.5, 0.6) is 0 Å². The second-order valence-corrected chi connectivity index (χ2v) is 4.96. The zero-order valence-corrected chi connectivity index (χ0v) is 11.7. The van der Waals surface area contributed by atoms with Crippen LogP contribution < -0.4 is 5.73 Å². The number of aromatic nitrogens is 4. The van der Waals surface area contributed by atoms with Crippen LogP contribution in [0, 0.1) is 0 Å². The summed E-state index contributed by atoms with van der Waals surface area (Å²) in [4.78, 5) is 12.1. The van der Waals surface area contributed by atoms with Crippen molar-refractivity contribution in [3.8, 4) is 0 Å². The minimum atomic E-state index is -1.13. The van der Waals surface area contributed by atoms with E-state index in [1.54, 1.807) is 6.08 Å². The molecule has 0 aromatic carbocycles. The summed E-state index contributed by atoms with van der Waals surface area (Å²) in [6, 6.07) is 0. The van der Waals surface area contributed by atoms with Crippen LogP contribution in [0.3, 0.4) is 0 Å². The Bertz CT molecular complexity index is 675. The van der Waals surface area contributed by atoms with Crippen molar-refractivity contribution < 1.29 is 19.7 Å². The first-order valence-corrected chi connectivity index (χ1v) is 6.76. The highest BCUT2D eigenvalue weighted by Crippen LogP contribution is 2.31. The van der Waals surface area contributed by atoms with Crippen molar-refractivity contribution in [2.75, 3.05) is 18.9 Å². The molecule has 3 rings (SSSR count). The Balaban J connectivity index is 1.84. The molecule has 1 fully saturated rings. The fraction of sp³-hybridized carbons (Fsp3) is 0.462. The number of nitrogens with zero attached hydrogens (tertiary/aromatic N) is 4. The molecule has 1 aliphatic rings. The summed E-state index contributed by atoms with van der Waals surface area (Å²) in [5.74, 6) is 0.239. The van der Waals surface area contributed by atoms with Gasteiger partial charge in [0.15, 0.2) is 17.7 Å². The Morgan fingerprint density at radius 2 is 2.18 bits per heavy atom. The number of hydrogen-bond donors (Lipinski definition) is 3. The van der Waals surface area contributed by atoms with Crippen LogP contribution in [-0.4, -0.2) is 61.3 Å². The van der Waals surface area contributed by atoms with Crippen molar-refractivity contribution in [3.05, 3.63) is 25.3 Å². The third-order valence-electron chi connectivity index (χ3n) is 3.52. The molecule has 0 spiro atoms. The van der Waals surface area contributed by atoms with Crippen LogP contribution in [-0.2, 0) is 9.47 Å². The van der Waals surface area contributed by atoms with Crippen molar-refractivity contribution in [2.24, 2.45) is 0 Å². The fourth-order valence-electron chi connectivity index (χ4n) is 2.42. The fourth-order valence-corrected chi connectivity index (χ4v) is 2.42. The van der Waals surface area contributed by atoms with Crippen molar-refractivity contribution in [1.82, 2.24) is 19.5 Å². The third-order valence-corrected chi connectivity index (χ3v) is 3.52. The van der Waals surface area contributed by atoms with E-state index in [0.717, 1.165) is 0 Å². The summed E-state index contributed by atoms with van der Waals surface area (Å²) in [5.41, 5.74) is 6.57. The molecule has 9 nitrogen and oxygen atoms in total. The zero-order chi connectivity index (χ0) is 15.7. The molecular weight excluding hydrogens is 290 g/mol. The standard InChI is InChI=1S/C13H17N5O4/c1-2-3-21-4-7-9(19)10(20)13(22-7)18-6-17-8-11(14)15-5-16-12(8)18/h2,5-7,9-10,13,19-20H,1,3-4H2,(H2,14,15,16)/t7-,9-,10-,13-/m1/s1. The zero-order valence-electron chi connectivity index (χ0n) is 11.7. The third kappa shape index (κ3) is 2.44. The second kappa shape index (κ2) is 5.97. The van der Waals surface area contributed by atoms with Crippen LogP contribution in [0.1, 0.15) is 6.23 Å². The summed E-state index contributed by atoms with van der Waals surface area (Å²) in [5, 5.41) is 20.3. The van der Waals surface area contributed by atoms with Crippen molar-refractivity contribution in [1.29, 1.82) is 0 Å². The van der Waals surface area contributed by atoms with Crippen LogP contribution >= 0.6 is 0 Å². The molecule has 0 bridgehead atoms. The lowest BCUT2D eigenvalue weighted by Crippen LogP contribution is -2.33. The average Bonchev–Trinajstić information content (AvgIpc) is 3.05. The largest absolute Gasteiger partial charge is 0.387 e. The van der Waals surface area contributed by atoms with E-state index in [4.69, 9.17) is 15.2 Å². The maximum absolute atomic E-state index is 10.2. The van der Waals surface area contributed by atoms with Gasteiger partial charge in [0.2, 0.25) is 0 Å². The molecule has 2 aromatic heterocycles. The minimum absolute atomic E-state index is 0.143. The molecule has 118 valence electrons. The number of rotatable bonds is 5. The molecule has 0 radical (unpaired) electrons. The molecule has 1 saturated heterocycles.